The molecule has 0 radical (unpaired) electrons. The number of halogens is 1. The van der Waals surface area contributed by atoms with E-state index in [2.05, 4.69) is 27.8 Å². The van der Waals surface area contributed by atoms with Gasteiger partial charge in [0.05, 0.1) is 4.92 Å². The molecule has 0 bridgehead atoms. The van der Waals surface area contributed by atoms with Gasteiger partial charge in [0.2, 0.25) is 0 Å². The van der Waals surface area contributed by atoms with E-state index in [1.165, 1.54) is 0 Å². The van der Waals surface area contributed by atoms with Crippen molar-refractivity contribution >= 4 is 27.3 Å². The van der Waals surface area contributed by atoms with Crippen LogP contribution in [0.2, 0.25) is 0 Å². The molecule has 0 spiro atoms. The topological polar surface area (TPSA) is 72.4 Å². The fourth-order valence-electron chi connectivity index (χ4n) is 2.58. The van der Waals surface area contributed by atoms with Gasteiger partial charge in [-0.1, -0.05) is 22.9 Å². The van der Waals surface area contributed by atoms with Gasteiger partial charge in [-0.3, -0.25) is 10.1 Å². The van der Waals surface area contributed by atoms with Gasteiger partial charge in [0.1, 0.15) is 5.69 Å². The van der Waals surface area contributed by atoms with Crippen LogP contribution >= 0.6 is 15.9 Å². The third-order valence-corrected chi connectivity index (χ3v) is 4.38. The van der Waals surface area contributed by atoms with Gasteiger partial charge in [0.25, 0.3) is 5.69 Å². The highest BCUT2D eigenvalue weighted by Gasteiger charge is 2.28. The molecule has 2 rings (SSSR count). The number of nitrogens with zero attached hydrogens (tertiary/aromatic N) is 2. The van der Waals surface area contributed by atoms with Crippen molar-refractivity contribution in [1.29, 1.82) is 0 Å². The molecule has 1 saturated heterocycles. The van der Waals surface area contributed by atoms with Crippen LogP contribution in [0.1, 0.15) is 13.3 Å². The van der Waals surface area contributed by atoms with Crippen molar-refractivity contribution in [2.75, 3.05) is 24.5 Å². The van der Waals surface area contributed by atoms with Gasteiger partial charge >= 0.3 is 0 Å². The largest absolute Gasteiger partial charge is 0.366 e. The second-order valence-electron chi connectivity index (χ2n) is 5.10. The molecule has 1 fully saturated rings. The van der Waals surface area contributed by atoms with E-state index in [1.54, 1.807) is 12.1 Å². The number of nitro benzene ring substituents is 1. The van der Waals surface area contributed by atoms with Gasteiger partial charge in [0, 0.05) is 23.6 Å². The van der Waals surface area contributed by atoms with Crippen molar-refractivity contribution in [3.05, 3.63) is 32.8 Å². The summed E-state index contributed by atoms with van der Waals surface area (Å²) in [4.78, 5) is 12.9. The third kappa shape index (κ3) is 3.06. The van der Waals surface area contributed by atoms with Gasteiger partial charge < -0.3 is 10.6 Å². The highest BCUT2D eigenvalue weighted by molar-refractivity contribution is 9.10. The van der Waals surface area contributed by atoms with E-state index in [0.29, 0.717) is 24.1 Å². The van der Waals surface area contributed by atoms with Crippen molar-refractivity contribution < 1.29 is 4.92 Å². The van der Waals surface area contributed by atoms with Crippen LogP contribution in [-0.4, -0.2) is 24.6 Å². The molecular formula is C13H18BrN3O2. The normalized spacial score (nSPS) is 23.4. The summed E-state index contributed by atoms with van der Waals surface area (Å²) in [6.07, 6.45) is 1.02. The summed E-state index contributed by atoms with van der Waals surface area (Å²) in [6.45, 7) is 4.45. The molecule has 5 nitrogen and oxygen atoms in total. The summed E-state index contributed by atoms with van der Waals surface area (Å²) < 4.78 is 0.857. The van der Waals surface area contributed by atoms with Gasteiger partial charge in [-0.05, 0) is 36.9 Å². The van der Waals surface area contributed by atoms with E-state index in [0.717, 1.165) is 24.0 Å². The monoisotopic (exact) mass is 327 g/mol. The summed E-state index contributed by atoms with van der Waals surface area (Å²) >= 11 is 3.38. The molecule has 1 aromatic carbocycles. The Hall–Kier alpha value is -1.14. The van der Waals surface area contributed by atoms with Gasteiger partial charge in [0.15, 0.2) is 0 Å². The second-order valence-corrected chi connectivity index (χ2v) is 6.01. The Bertz CT molecular complexity index is 481. The van der Waals surface area contributed by atoms with Crippen LogP contribution in [0.5, 0.6) is 0 Å². The Labute approximate surface area is 121 Å². The molecule has 1 aliphatic rings. The minimum Gasteiger partial charge on any atom is -0.366 e. The zero-order valence-corrected chi connectivity index (χ0v) is 12.5. The predicted octanol–water partition coefficient (Wildman–Crippen LogP) is 2.78. The number of nitrogens with two attached hydrogens (primary N) is 1. The van der Waals surface area contributed by atoms with Gasteiger partial charge in [-0.25, -0.2) is 0 Å². The summed E-state index contributed by atoms with van der Waals surface area (Å²) in [5, 5.41) is 11.1. The Morgan fingerprint density at radius 1 is 1.58 bits per heavy atom. The lowest BCUT2D eigenvalue weighted by atomic mass is 9.87. The zero-order chi connectivity index (χ0) is 14.0. The molecule has 0 saturated carbocycles. The van der Waals surface area contributed by atoms with Crippen LogP contribution in [0.4, 0.5) is 11.4 Å². The molecule has 1 aromatic rings. The average molecular weight is 328 g/mol. The van der Waals surface area contributed by atoms with Crippen LogP contribution in [0.3, 0.4) is 0 Å². The Balaban J connectivity index is 2.31. The summed E-state index contributed by atoms with van der Waals surface area (Å²) in [6, 6.07) is 5.07. The van der Waals surface area contributed by atoms with Crippen LogP contribution in [0.25, 0.3) is 0 Å². The fourth-order valence-corrected chi connectivity index (χ4v) is 2.93. The molecule has 19 heavy (non-hydrogen) atoms. The molecule has 0 aliphatic carbocycles. The number of benzene rings is 1. The van der Waals surface area contributed by atoms with E-state index in [4.69, 9.17) is 5.73 Å². The molecule has 6 heteroatoms. The summed E-state index contributed by atoms with van der Waals surface area (Å²) in [5.74, 6) is 0.972. The van der Waals surface area contributed by atoms with Crippen molar-refractivity contribution in [3.63, 3.8) is 0 Å². The average Bonchev–Trinajstić information content (AvgIpc) is 2.38. The fraction of sp³-hybridized carbons (Fsp3) is 0.538. The van der Waals surface area contributed by atoms with Crippen molar-refractivity contribution in [2.24, 2.45) is 17.6 Å². The van der Waals surface area contributed by atoms with E-state index >= 15 is 0 Å². The molecule has 104 valence electrons. The number of piperidine rings is 1. The maximum absolute atomic E-state index is 11.1. The Morgan fingerprint density at radius 3 is 2.95 bits per heavy atom. The smallest absolute Gasteiger partial charge is 0.292 e. The number of rotatable bonds is 3. The van der Waals surface area contributed by atoms with Gasteiger partial charge in [-0.2, -0.15) is 0 Å². The maximum atomic E-state index is 11.1. The molecule has 0 amide bonds. The molecular weight excluding hydrogens is 310 g/mol. The van der Waals surface area contributed by atoms with Gasteiger partial charge in [-0.15, -0.1) is 0 Å². The lowest BCUT2D eigenvalue weighted by Crippen LogP contribution is -2.42. The van der Waals surface area contributed by atoms with Crippen molar-refractivity contribution in [1.82, 2.24) is 0 Å². The number of hydrogen-bond donors (Lipinski definition) is 1. The lowest BCUT2D eigenvalue weighted by molar-refractivity contribution is -0.384. The first-order valence-corrected chi connectivity index (χ1v) is 7.21. The van der Waals surface area contributed by atoms with Crippen LogP contribution < -0.4 is 10.6 Å². The van der Waals surface area contributed by atoms with E-state index in [9.17, 15) is 10.1 Å². The quantitative estimate of drug-likeness (QED) is 0.684. The SMILES string of the molecule is CC1CCN(c2cc(Br)ccc2[N+](=O)[O-])CC1CN. The molecule has 2 N–H and O–H groups in total. The number of nitro groups is 1. The minimum absolute atomic E-state index is 0.161. The minimum atomic E-state index is -0.322. The summed E-state index contributed by atoms with van der Waals surface area (Å²) in [7, 11) is 0. The highest BCUT2D eigenvalue weighted by atomic mass is 79.9. The summed E-state index contributed by atoms with van der Waals surface area (Å²) in [5.41, 5.74) is 6.64. The first-order chi connectivity index (χ1) is 9.02. The van der Waals surface area contributed by atoms with Crippen LogP contribution in [0.15, 0.2) is 22.7 Å². The predicted molar refractivity (Wildman–Crippen MR) is 79.3 cm³/mol. The van der Waals surface area contributed by atoms with E-state index in [1.807, 2.05) is 6.07 Å². The first kappa shape index (κ1) is 14.3. The van der Waals surface area contributed by atoms with Crippen molar-refractivity contribution in [3.8, 4) is 0 Å². The number of hydrogen-bond acceptors (Lipinski definition) is 4. The van der Waals surface area contributed by atoms with Crippen LogP contribution in [0, 0.1) is 22.0 Å². The third-order valence-electron chi connectivity index (χ3n) is 3.89. The Kier molecular flexibility index (Phi) is 4.42. The van der Waals surface area contributed by atoms with E-state index < -0.39 is 0 Å². The highest BCUT2D eigenvalue weighted by Crippen LogP contribution is 2.35. The molecule has 0 aromatic heterocycles. The van der Waals surface area contributed by atoms with Crippen LogP contribution in [-0.2, 0) is 0 Å². The second kappa shape index (κ2) is 5.88. The molecule has 2 atom stereocenters. The lowest BCUT2D eigenvalue weighted by Gasteiger charge is -2.37. The van der Waals surface area contributed by atoms with E-state index in [-0.39, 0.29) is 10.6 Å². The maximum Gasteiger partial charge on any atom is 0.292 e. The first-order valence-electron chi connectivity index (χ1n) is 6.42. The standard InChI is InChI=1S/C13H18BrN3O2/c1-9-4-5-16(8-10(9)7-15)13-6-11(14)2-3-12(13)17(18)19/h2-3,6,9-10H,4-5,7-8,15H2,1H3. The van der Waals surface area contributed by atoms with Crippen molar-refractivity contribution in [2.45, 2.75) is 13.3 Å². The molecule has 1 heterocycles. The number of anilines is 1. The zero-order valence-electron chi connectivity index (χ0n) is 10.9. The molecule has 1 aliphatic heterocycles. The molecule has 2 unspecified atom stereocenters. The Morgan fingerprint density at radius 2 is 2.32 bits per heavy atom.